The van der Waals surface area contributed by atoms with Gasteiger partial charge in [-0.1, -0.05) is 47.9 Å². The second-order valence-corrected chi connectivity index (χ2v) is 7.51. The summed E-state index contributed by atoms with van der Waals surface area (Å²) in [6.07, 6.45) is 3.73. The van der Waals surface area contributed by atoms with E-state index >= 15 is 0 Å². The molecule has 0 aliphatic carbocycles. The lowest BCUT2D eigenvalue weighted by atomic mass is 10.0. The Labute approximate surface area is 166 Å². The third kappa shape index (κ3) is 5.98. The average Bonchev–Trinajstić information content (AvgIpc) is 2.70. The first-order valence-corrected chi connectivity index (χ1v) is 9.95. The van der Waals surface area contributed by atoms with Crippen molar-refractivity contribution in [1.29, 1.82) is 0 Å². The van der Waals surface area contributed by atoms with E-state index in [1.54, 1.807) is 24.3 Å². The highest BCUT2D eigenvalue weighted by atomic mass is 35.5. The maximum Gasteiger partial charge on any atom is 0.258 e. The molecular formula is C22H27ClN2O2. The summed E-state index contributed by atoms with van der Waals surface area (Å²) < 4.78 is 5.54. The van der Waals surface area contributed by atoms with Crippen LogP contribution in [0.2, 0.25) is 5.02 Å². The molecule has 0 spiro atoms. The molecule has 144 valence electrons. The van der Waals surface area contributed by atoms with Gasteiger partial charge in [0, 0.05) is 11.6 Å². The van der Waals surface area contributed by atoms with Crippen molar-refractivity contribution in [3.63, 3.8) is 0 Å². The summed E-state index contributed by atoms with van der Waals surface area (Å²) in [5.41, 5.74) is 2.50. The fraction of sp³-hybridized carbons (Fsp3) is 0.409. The summed E-state index contributed by atoms with van der Waals surface area (Å²) in [5.74, 6) is 0.528. The van der Waals surface area contributed by atoms with Gasteiger partial charge >= 0.3 is 0 Å². The molecule has 1 N–H and O–H groups in total. The first-order chi connectivity index (χ1) is 13.1. The highest BCUT2D eigenvalue weighted by molar-refractivity contribution is 6.30. The zero-order chi connectivity index (χ0) is 19.1. The quantitative estimate of drug-likeness (QED) is 0.768. The first kappa shape index (κ1) is 19.7. The molecule has 2 aromatic rings. The van der Waals surface area contributed by atoms with Crippen LogP contribution in [-0.4, -0.2) is 37.0 Å². The Morgan fingerprint density at radius 2 is 1.74 bits per heavy atom. The number of piperidine rings is 1. The summed E-state index contributed by atoms with van der Waals surface area (Å²) in [6, 6.07) is 15.8. The molecule has 2 aromatic carbocycles. The number of benzene rings is 2. The third-order valence-electron chi connectivity index (χ3n) is 4.97. The maximum absolute atomic E-state index is 12.3. The number of carbonyl (C=O) groups is 1. The number of carbonyl (C=O) groups excluding carboxylic acids is 1. The van der Waals surface area contributed by atoms with Gasteiger partial charge in [0.2, 0.25) is 0 Å². The van der Waals surface area contributed by atoms with Gasteiger partial charge in [0.05, 0.1) is 6.04 Å². The van der Waals surface area contributed by atoms with E-state index in [2.05, 4.69) is 41.4 Å². The second-order valence-electron chi connectivity index (χ2n) is 7.07. The molecule has 1 saturated heterocycles. The van der Waals surface area contributed by atoms with E-state index in [1.807, 2.05) is 0 Å². The van der Waals surface area contributed by atoms with Crippen molar-refractivity contribution in [2.75, 3.05) is 26.2 Å². The molecule has 0 bridgehead atoms. The van der Waals surface area contributed by atoms with Crippen LogP contribution in [0, 0.1) is 6.92 Å². The van der Waals surface area contributed by atoms with Crippen molar-refractivity contribution in [3.05, 3.63) is 64.7 Å². The van der Waals surface area contributed by atoms with Gasteiger partial charge in [-0.25, -0.2) is 0 Å². The Hall–Kier alpha value is -2.04. The summed E-state index contributed by atoms with van der Waals surface area (Å²) in [7, 11) is 0. The predicted molar refractivity (Wildman–Crippen MR) is 109 cm³/mol. The van der Waals surface area contributed by atoms with Crippen molar-refractivity contribution in [1.82, 2.24) is 10.2 Å². The van der Waals surface area contributed by atoms with Crippen LogP contribution in [0.15, 0.2) is 48.5 Å². The number of hydrogen-bond donors (Lipinski definition) is 1. The zero-order valence-corrected chi connectivity index (χ0v) is 16.5. The van der Waals surface area contributed by atoms with Crippen molar-refractivity contribution in [3.8, 4) is 5.75 Å². The van der Waals surface area contributed by atoms with Crippen LogP contribution in [0.1, 0.15) is 36.4 Å². The SMILES string of the molecule is Cc1ccc([C@H](CNC(=O)COc2ccc(Cl)cc2)N2CCCCC2)cc1. The van der Waals surface area contributed by atoms with E-state index in [0.29, 0.717) is 17.3 Å². The van der Waals surface area contributed by atoms with Gasteiger partial charge in [-0.2, -0.15) is 0 Å². The monoisotopic (exact) mass is 386 g/mol. The normalized spacial score (nSPS) is 15.9. The van der Waals surface area contributed by atoms with Crippen LogP contribution >= 0.6 is 11.6 Å². The molecule has 1 atom stereocenters. The van der Waals surface area contributed by atoms with Crippen molar-refractivity contribution in [2.45, 2.75) is 32.2 Å². The minimum atomic E-state index is -0.112. The van der Waals surface area contributed by atoms with Crippen molar-refractivity contribution >= 4 is 17.5 Å². The number of nitrogens with one attached hydrogen (secondary N) is 1. The van der Waals surface area contributed by atoms with E-state index in [4.69, 9.17) is 16.3 Å². The highest BCUT2D eigenvalue weighted by Crippen LogP contribution is 2.24. The Bertz CT molecular complexity index is 725. The number of rotatable bonds is 7. The number of aryl methyl sites for hydroxylation is 1. The number of hydrogen-bond acceptors (Lipinski definition) is 3. The molecular weight excluding hydrogens is 360 g/mol. The van der Waals surface area contributed by atoms with Crippen LogP contribution in [-0.2, 0) is 4.79 Å². The lowest BCUT2D eigenvalue weighted by molar-refractivity contribution is -0.123. The molecule has 3 rings (SSSR count). The molecule has 0 unspecified atom stereocenters. The van der Waals surface area contributed by atoms with E-state index in [9.17, 15) is 4.79 Å². The Morgan fingerprint density at radius 3 is 2.41 bits per heavy atom. The summed E-state index contributed by atoms with van der Waals surface area (Å²) >= 11 is 5.86. The number of halogens is 1. The number of ether oxygens (including phenoxy) is 1. The lowest BCUT2D eigenvalue weighted by Gasteiger charge is -2.35. The standard InChI is InChI=1S/C22H27ClN2O2/c1-17-5-7-18(8-6-17)21(25-13-3-2-4-14-25)15-24-22(26)16-27-20-11-9-19(23)10-12-20/h5-12,21H,2-4,13-16H2,1H3,(H,24,26)/t21-/m0/s1. The number of likely N-dealkylation sites (tertiary alicyclic amines) is 1. The molecule has 27 heavy (non-hydrogen) atoms. The predicted octanol–water partition coefficient (Wildman–Crippen LogP) is 4.37. The Kier molecular flexibility index (Phi) is 7.13. The Morgan fingerprint density at radius 1 is 1.07 bits per heavy atom. The largest absolute Gasteiger partial charge is 0.484 e. The molecule has 1 aliphatic rings. The van der Waals surface area contributed by atoms with Gasteiger partial charge < -0.3 is 10.1 Å². The molecule has 0 aromatic heterocycles. The van der Waals surface area contributed by atoms with Crippen LogP contribution in [0.3, 0.4) is 0 Å². The van der Waals surface area contributed by atoms with E-state index < -0.39 is 0 Å². The van der Waals surface area contributed by atoms with Crippen LogP contribution in [0.5, 0.6) is 5.75 Å². The minimum absolute atomic E-state index is 0.00223. The smallest absolute Gasteiger partial charge is 0.258 e. The number of amides is 1. The van der Waals surface area contributed by atoms with Crippen molar-refractivity contribution < 1.29 is 9.53 Å². The fourth-order valence-corrected chi connectivity index (χ4v) is 3.54. The topological polar surface area (TPSA) is 41.6 Å². The van der Waals surface area contributed by atoms with E-state index in [0.717, 1.165) is 13.1 Å². The van der Waals surface area contributed by atoms with E-state index in [1.165, 1.54) is 30.4 Å². The van der Waals surface area contributed by atoms with Crippen LogP contribution in [0.25, 0.3) is 0 Å². The molecule has 1 aliphatic heterocycles. The van der Waals surface area contributed by atoms with Gasteiger partial charge in [-0.3, -0.25) is 9.69 Å². The van der Waals surface area contributed by atoms with Crippen LogP contribution < -0.4 is 10.1 Å². The average molecular weight is 387 g/mol. The van der Waals surface area contributed by atoms with Gasteiger partial charge in [-0.05, 0) is 62.7 Å². The van der Waals surface area contributed by atoms with Gasteiger partial charge in [0.15, 0.2) is 6.61 Å². The minimum Gasteiger partial charge on any atom is -0.484 e. The highest BCUT2D eigenvalue weighted by Gasteiger charge is 2.22. The lowest BCUT2D eigenvalue weighted by Crippen LogP contribution is -2.41. The molecule has 0 saturated carbocycles. The fourth-order valence-electron chi connectivity index (χ4n) is 3.42. The molecule has 5 heteroatoms. The third-order valence-corrected chi connectivity index (χ3v) is 5.22. The number of nitrogens with zero attached hydrogens (tertiary/aromatic N) is 1. The maximum atomic E-state index is 12.3. The first-order valence-electron chi connectivity index (χ1n) is 9.57. The second kappa shape index (κ2) is 9.77. The summed E-state index contributed by atoms with van der Waals surface area (Å²) in [6.45, 7) is 4.84. The Balaban J connectivity index is 1.57. The molecule has 1 fully saturated rings. The summed E-state index contributed by atoms with van der Waals surface area (Å²) in [4.78, 5) is 14.8. The van der Waals surface area contributed by atoms with Gasteiger partial charge in [0.1, 0.15) is 5.75 Å². The van der Waals surface area contributed by atoms with Gasteiger partial charge in [0.25, 0.3) is 5.91 Å². The molecule has 1 amide bonds. The van der Waals surface area contributed by atoms with Crippen molar-refractivity contribution in [2.24, 2.45) is 0 Å². The molecule has 1 heterocycles. The summed E-state index contributed by atoms with van der Waals surface area (Å²) in [5, 5.41) is 3.69. The van der Waals surface area contributed by atoms with Crippen LogP contribution in [0.4, 0.5) is 0 Å². The zero-order valence-electron chi connectivity index (χ0n) is 15.8. The van der Waals surface area contributed by atoms with E-state index in [-0.39, 0.29) is 18.6 Å². The molecule has 0 radical (unpaired) electrons. The molecule has 4 nitrogen and oxygen atoms in total. The van der Waals surface area contributed by atoms with Gasteiger partial charge in [-0.15, -0.1) is 0 Å².